The van der Waals surface area contributed by atoms with Crippen LogP contribution < -0.4 is 10.1 Å². The van der Waals surface area contributed by atoms with E-state index < -0.39 is 6.09 Å². The highest BCUT2D eigenvalue weighted by molar-refractivity contribution is 5.64. The summed E-state index contributed by atoms with van der Waals surface area (Å²) in [5.74, 6) is 0.771. The molecule has 2 N–H and O–H groups in total. The highest BCUT2D eigenvalue weighted by Crippen LogP contribution is 2.13. The first kappa shape index (κ1) is 12.1. The van der Waals surface area contributed by atoms with Crippen LogP contribution in [0.15, 0.2) is 36.9 Å². The Balaban J connectivity index is 2.46. The zero-order valence-corrected chi connectivity index (χ0v) is 8.98. The van der Waals surface area contributed by atoms with Crippen molar-refractivity contribution < 1.29 is 14.6 Å². The van der Waals surface area contributed by atoms with Crippen LogP contribution in [-0.4, -0.2) is 24.4 Å². The van der Waals surface area contributed by atoms with Crippen LogP contribution in [0.4, 0.5) is 4.79 Å². The Morgan fingerprint density at radius 1 is 1.56 bits per heavy atom. The molecule has 86 valence electrons. The number of hydrogen-bond donors (Lipinski definition) is 2. The second kappa shape index (κ2) is 6.50. The van der Waals surface area contributed by atoms with Crippen LogP contribution in [0.3, 0.4) is 0 Å². The van der Waals surface area contributed by atoms with Gasteiger partial charge in [0.25, 0.3) is 0 Å². The maximum atomic E-state index is 10.3. The van der Waals surface area contributed by atoms with Gasteiger partial charge in [0.05, 0.1) is 0 Å². The molecule has 1 aromatic rings. The van der Waals surface area contributed by atoms with Crippen molar-refractivity contribution >= 4 is 6.09 Å². The summed E-state index contributed by atoms with van der Waals surface area (Å²) in [5, 5.41) is 10.7. The first-order valence-corrected chi connectivity index (χ1v) is 5.02. The lowest BCUT2D eigenvalue weighted by Crippen LogP contribution is -2.23. The molecule has 0 spiro atoms. The van der Waals surface area contributed by atoms with Crippen LogP contribution >= 0.6 is 0 Å². The Morgan fingerprint density at radius 3 is 3.06 bits per heavy atom. The van der Waals surface area contributed by atoms with Gasteiger partial charge in [-0.25, -0.2) is 4.79 Å². The van der Waals surface area contributed by atoms with Crippen LogP contribution in [0.2, 0.25) is 0 Å². The summed E-state index contributed by atoms with van der Waals surface area (Å²) in [5.41, 5.74) is 1.04. The highest BCUT2D eigenvalue weighted by atomic mass is 16.5. The van der Waals surface area contributed by atoms with E-state index in [1.54, 1.807) is 6.08 Å². The average Bonchev–Trinajstić information content (AvgIpc) is 2.26. The monoisotopic (exact) mass is 221 g/mol. The largest absolute Gasteiger partial charge is 0.490 e. The van der Waals surface area contributed by atoms with E-state index in [-0.39, 0.29) is 0 Å². The second-order valence-electron chi connectivity index (χ2n) is 3.23. The number of carbonyl (C=O) groups is 1. The zero-order chi connectivity index (χ0) is 11.8. The molecule has 0 bridgehead atoms. The lowest BCUT2D eigenvalue weighted by atomic mass is 10.1. The van der Waals surface area contributed by atoms with E-state index in [1.807, 2.05) is 24.3 Å². The number of ether oxygens (including phenoxy) is 1. The molecule has 0 aliphatic heterocycles. The van der Waals surface area contributed by atoms with Gasteiger partial charge in [-0.15, -0.1) is 0 Å². The van der Waals surface area contributed by atoms with Crippen molar-refractivity contribution in [3.8, 4) is 5.75 Å². The van der Waals surface area contributed by atoms with E-state index in [9.17, 15) is 4.79 Å². The zero-order valence-electron chi connectivity index (χ0n) is 8.98. The summed E-state index contributed by atoms with van der Waals surface area (Å²) in [4.78, 5) is 10.3. The summed E-state index contributed by atoms with van der Waals surface area (Å²) in [7, 11) is 0. The Morgan fingerprint density at radius 2 is 2.38 bits per heavy atom. The van der Waals surface area contributed by atoms with Gasteiger partial charge in [0.2, 0.25) is 0 Å². The molecular weight excluding hydrogens is 206 g/mol. The van der Waals surface area contributed by atoms with Gasteiger partial charge in [-0.1, -0.05) is 24.8 Å². The molecule has 0 saturated heterocycles. The minimum Gasteiger partial charge on any atom is -0.490 e. The SMILES string of the molecule is C=CCOc1cccc(CCNC(=O)O)c1. The van der Waals surface area contributed by atoms with E-state index >= 15 is 0 Å². The third-order valence-electron chi connectivity index (χ3n) is 1.96. The van der Waals surface area contributed by atoms with Gasteiger partial charge < -0.3 is 15.2 Å². The maximum Gasteiger partial charge on any atom is 0.404 e. The average molecular weight is 221 g/mol. The Hall–Kier alpha value is -1.97. The first-order chi connectivity index (χ1) is 7.72. The minimum atomic E-state index is -1.00. The molecule has 4 nitrogen and oxygen atoms in total. The van der Waals surface area contributed by atoms with E-state index in [4.69, 9.17) is 9.84 Å². The molecular formula is C12H15NO3. The fraction of sp³-hybridized carbons (Fsp3) is 0.250. The van der Waals surface area contributed by atoms with E-state index in [1.165, 1.54) is 0 Å². The van der Waals surface area contributed by atoms with Gasteiger partial charge in [-0.3, -0.25) is 0 Å². The Kier molecular flexibility index (Phi) is 4.92. The molecule has 0 saturated carbocycles. The molecule has 1 amide bonds. The van der Waals surface area contributed by atoms with Gasteiger partial charge in [0.1, 0.15) is 12.4 Å². The number of hydrogen-bond acceptors (Lipinski definition) is 2. The van der Waals surface area contributed by atoms with Crippen LogP contribution in [0.5, 0.6) is 5.75 Å². The van der Waals surface area contributed by atoms with E-state index in [2.05, 4.69) is 11.9 Å². The van der Waals surface area contributed by atoms with Gasteiger partial charge in [0, 0.05) is 6.54 Å². The summed E-state index contributed by atoms with van der Waals surface area (Å²) in [6.07, 6.45) is 1.33. The van der Waals surface area contributed by atoms with Crippen LogP contribution in [-0.2, 0) is 6.42 Å². The predicted molar refractivity (Wildman–Crippen MR) is 61.9 cm³/mol. The smallest absolute Gasteiger partial charge is 0.404 e. The number of rotatable bonds is 6. The molecule has 16 heavy (non-hydrogen) atoms. The quantitative estimate of drug-likeness (QED) is 0.723. The summed E-state index contributed by atoms with van der Waals surface area (Å²) in [6.45, 7) is 4.44. The lowest BCUT2D eigenvalue weighted by molar-refractivity contribution is 0.194. The summed E-state index contributed by atoms with van der Waals surface area (Å²) >= 11 is 0. The highest BCUT2D eigenvalue weighted by Gasteiger charge is 1.98. The third-order valence-corrected chi connectivity index (χ3v) is 1.96. The van der Waals surface area contributed by atoms with Crippen molar-refractivity contribution in [2.24, 2.45) is 0 Å². The topological polar surface area (TPSA) is 58.6 Å². The standard InChI is InChI=1S/C12H15NO3/c1-2-8-16-11-5-3-4-10(9-11)6-7-13-12(14)15/h2-5,9,13H,1,6-8H2,(H,14,15). The number of nitrogens with one attached hydrogen (secondary N) is 1. The molecule has 0 fully saturated rings. The van der Waals surface area contributed by atoms with Crippen LogP contribution in [0, 0.1) is 0 Å². The molecule has 4 heteroatoms. The normalized spacial score (nSPS) is 9.50. The fourth-order valence-electron chi connectivity index (χ4n) is 1.26. The molecule has 0 aromatic heterocycles. The molecule has 0 heterocycles. The van der Waals surface area contributed by atoms with E-state index in [0.717, 1.165) is 11.3 Å². The summed E-state index contributed by atoms with van der Waals surface area (Å²) < 4.78 is 5.37. The van der Waals surface area contributed by atoms with Crippen molar-refractivity contribution in [3.63, 3.8) is 0 Å². The molecule has 0 radical (unpaired) electrons. The fourth-order valence-corrected chi connectivity index (χ4v) is 1.26. The van der Waals surface area contributed by atoms with Crippen molar-refractivity contribution in [1.29, 1.82) is 0 Å². The number of benzene rings is 1. The lowest BCUT2D eigenvalue weighted by Gasteiger charge is -2.06. The second-order valence-corrected chi connectivity index (χ2v) is 3.23. The maximum absolute atomic E-state index is 10.3. The van der Waals surface area contributed by atoms with E-state index in [0.29, 0.717) is 19.6 Å². The van der Waals surface area contributed by atoms with Crippen LogP contribution in [0.1, 0.15) is 5.56 Å². The Bertz CT molecular complexity index is 363. The molecule has 1 aromatic carbocycles. The van der Waals surface area contributed by atoms with Crippen LogP contribution in [0.25, 0.3) is 0 Å². The van der Waals surface area contributed by atoms with Crippen molar-refractivity contribution in [2.45, 2.75) is 6.42 Å². The first-order valence-electron chi connectivity index (χ1n) is 5.02. The van der Waals surface area contributed by atoms with Crippen molar-refractivity contribution in [2.75, 3.05) is 13.2 Å². The third kappa shape index (κ3) is 4.50. The Labute approximate surface area is 94.6 Å². The van der Waals surface area contributed by atoms with Gasteiger partial charge in [0.15, 0.2) is 0 Å². The molecule has 0 atom stereocenters. The molecule has 0 unspecified atom stereocenters. The van der Waals surface area contributed by atoms with Crippen molar-refractivity contribution in [3.05, 3.63) is 42.5 Å². The number of amides is 1. The van der Waals surface area contributed by atoms with Gasteiger partial charge in [-0.2, -0.15) is 0 Å². The predicted octanol–water partition coefficient (Wildman–Crippen LogP) is 2.06. The molecule has 1 rings (SSSR count). The van der Waals surface area contributed by atoms with Gasteiger partial charge >= 0.3 is 6.09 Å². The minimum absolute atomic E-state index is 0.403. The number of carboxylic acid groups (broad SMARTS) is 1. The summed E-state index contributed by atoms with van der Waals surface area (Å²) in [6, 6.07) is 7.57. The molecule has 0 aliphatic rings. The molecule has 0 aliphatic carbocycles. The van der Waals surface area contributed by atoms with Crippen molar-refractivity contribution in [1.82, 2.24) is 5.32 Å². The van der Waals surface area contributed by atoms with Gasteiger partial charge in [-0.05, 0) is 24.1 Å².